The van der Waals surface area contributed by atoms with Gasteiger partial charge in [0, 0.05) is 22.6 Å². The number of nitrogens with one attached hydrogen (secondary N) is 1. The van der Waals surface area contributed by atoms with Gasteiger partial charge in [0.15, 0.2) is 0 Å². The van der Waals surface area contributed by atoms with Crippen molar-refractivity contribution < 1.29 is 18.0 Å². The number of sulfonamides is 1. The molecule has 0 saturated carbocycles. The molecule has 0 aromatic heterocycles. The van der Waals surface area contributed by atoms with Crippen LogP contribution >= 0.6 is 27.5 Å². The van der Waals surface area contributed by atoms with Gasteiger partial charge in [-0.15, -0.1) is 0 Å². The minimum Gasteiger partial charge on any atom is -0.354 e. The SMILES string of the molecule is CC[C@H](C(=O)NCC(C)C)N(Cc1ccccc1Cl)C(=O)CN(c1cccc(Br)c1)S(=O)(=O)c1ccc(C)cc1. The third-order valence-corrected chi connectivity index (χ3v) is 9.00. The topological polar surface area (TPSA) is 86.8 Å². The smallest absolute Gasteiger partial charge is 0.264 e. The Morgan fingerprint density at radius 2 is 1.68 bits per heavy atom. The molecule has 2 amide bonds. The molecule has 0 unspecified atom stereocenters. The van der Waals surface area contributed by atoms with E-state index < -0.39 is 28.5 Å². The summed E-state index contributed by atoms with van der Waals surface area (Å²) < 4.78 is 29.6. The molecular weight excluding hydrogens is 614 g/mol. The summed E-state index contributed by atoms with van der Waals surface area (Å²) >= 11 is 9.85. The Bertz CT molecular complexity index is 1430. The number of amides is 2. The van der Waals surface area contributed by atoms with Crippen LogP contribution in [0.1, 0.15) is 38.3 Å². The van der Waals surface area contributed by atoms with Crippen LogP contribution in [-0.2, 0) is 26.2 Å². The molecule has 10 heteroatoms. The fourth-order valence-electron chi connectivity index (χ4n) is 4.15. The number of carbonyl (C=O) groups is 2. The minimum atomic E-state index is -4.13. The van der Waals surface area contributed by atoms with E-state index in [-0.39, 0.29) is 23.3 Å². The number of rotatable bonds is 12. The van der Waals surface area contributed by atoms with E-state index in [1.54, 1.807) is 60.7 Å². The first-order chi connectivity index (χ1) is 18.9. The predicted octanol–water partition coefficient (Wildman–Crippen LogP) is 6.19. The molecule has 0 aliphatic heterocycles. The third-order valence-electron chi connectivity index (χ3n) is 6.35. The molecule has 0 bridgehead atoms. The third kappa shape index (κ3) is 8.08. The highest BCUT2D eigenvalue weighted by Gasteiger charge is 2.34. The van der Waals surface area contributed by atoms with E-state index in [1.165, 1.54) is 17.0 Å². The molecule has 3 aromatic carbocycles. The van der Waals surface area contributed by atoms with Crippen LogP contribution in [0.5, 0.6) is 0 Å². The van der Waals surface area contributed by atoms with Gasteiger partial charge in [0.05, 0.1) is 10.6 Å². The standard InChI is InChI=1S/C30H35BrClN3O4S/c1-5-28(30(37)33-18-21(2)3)34(19-23-9-6-7-12-27(23)32)29(36)20-35(25-11-8-10-24(31)17-25)40(38,39)26-15-13-22(4)14-16-26/h6-17,21,28H,5,18-20H2,1-4H3,(H,33,37)/t28-/m1/s1. The number of benzene rings is 3. The molecule has 40 heavy (non-hydrogen) atoms. The van der Waals surface area contributed by atoms with Crippen LogP contribution in [-0.4, -0.2) is 44.3 Å². The van der Waals surface area contributed by atoms with Gasteiger partial charge < -0.3 is 10.2 Å². The number of aryl methyl sites for hydroxylation is 1. The summed E-state index contributed by atoms with van der Waals surface area (Å²) in [6, 6.07) is 19.5. The molecule has 214 valence electrons. The summed E-state index contributed by atoms with van der Waals surface area (Å²) in [6.45, 7) is 7.65. The van der Waals surface area contributed by atoms with Crippen LogP contribution < -0.4 is 9.62 Å². The van der Waals surface area contributed by atoms with Crippen molar-refractivity contribution in [3.63, 3.8) is 0 Å². The Labute approximate surface area is 250 Å². The van der Waals surface area contributed by atoms with Crippen molar-refractivity contribution >= 4 is 55.1 Å². The molecular formula is C30H35BrClN3O4S. The van der Waals surface area contributed by atoms with Gasteiger partial charge in [0.1, 0.15) is 12.6 Å². The monoisotopic (exact) mass is 647 g/mol. The minimum absolute atomic E-state index is 0.0447. The Morgan fingerprint density at radius 1 is 1.00 bits per heavy atom. The summed E-state index contributed by atoms with van der Waals surface area (Å²) in [7, 11) is -4.13. The number of carbonyl (C=O) groups excluding carboxylic acids is 2. The highest BCUT2D eigenvalue weighted by Crippen LogP contribution is 2.28. The first kappa shape index (κ1) is 31.6. The largest absolute Gasteiger partial charge is 0.354 e. The average Bonchev–Trinajstić information content (AvgIpc) is 2.91. The van der Waals surface area contributed by atoms with Crippen LogP contribution in [0.25, 0.3) is 0 Å². The quantitative estimate of drug-likeness (QED) is 0.254. The maximum absolute atomic E-state index is 14.1. The van der Waals surface area contributed by atoms with Gasteiger partial charge in [-0.25, -0.2) is 8.42 Å². The van der Waals surface area contributed by atoms with Crippen LogP contribution in [0, 0.1) is 12.8 Å². The number of nitrogens with zero attached hydrogens (tertiary/aromatic N) is 2. The Hall–Kier alpha value is -2.88. The van der Waals surface area contributed by atoms with Gasteiger partial charge >= 0.3 is 0 Å². The van der Waals surface area contributed by atoms with Crippen molar-refractivity contribution in [1.29, 1.82) is 0 Å². The van der Waals surface area contributed by atoms with Crippen molar-refractivity contribution in [1.82, 2.24) is 10.2 Å². The Kier molecular flexibility index (Phi) is 11.2. The highest BCUT2D eigenvalue weighted by molar-refractivity contribution is 9.10. The average molecular weight is 649 g/mol. The van der Waals surface area contributed by atoms with E-state index in [9.17, 15) is 18.0 Å². The molecule has 3 aromatic rings. The second-order valence-electron chi connectivity index (χ2n) is 9.98. The molecule has 0 spiro atoms. The Balaban J connectivity index is 2.06. The lowest BCUT2D eigenvalue weighted by molar-refractivity contribution is -0.140. The summed E-state index contributed by atoms with van der Waals surface area (Å²) in [5, 5.41) is 3.37. The normalized spacial score (nSPS) is 12.2. The second-order valence-corrected chi connectivity index (χ2v) is 13.2. The molecule has 7 nitrogen and oxygen atoms in total. The maximum atomic E-state index is 14.1. The van der Waals surface area contributed by atoms with Crippen molar-refractivity contribution in [2.24, 2.45) is 5.92 Å². The number of hydrogen-bond acceptors (Lipinski definition) is 4. The molecule has 0 heterocycles. The fourth-order valence-corrected chi connectivity index (χ4v) is 6.14. The van der Waals surface area contributed by atoms with E-state index in [4.69, 9.17) is 11.6 Å². The van der Waals surface area contributed by atoms with E-state index in [2.05, 4.69) is 21.2 Å². The molecule has 1 atom stereocenters. The van der Waals surface area contributed by atoms with Crippen LogP contribution in [0.3, 0.4) is 0 Å². The number of hydrogen-bond donors (Lipinski definition) is 1. The van der Waals surface area contributed by atoms with Crippen molar-refractivity contribution in [3.05, 3.63) is 93.4 Å². The summed E-state index contributed by atoms with van der Waals surface area (Å²) in [4.78, 5) is 28.8. The molecule has 0 radical (unpaired) electrons. The van der Waals surface area contributed by atoms with Gasteiger partial charge in [0.2, 0.25) is 11.8 Å². The molecule has 0 aliphatic carbocycles. The number of anilines is 1. The molecule has 0 saturated heterocycles. The molecule has 1 N–H and O–H groups in total. The molecule has 3 rings (SSSR count). The van der Waals surface area contributed by atoms with Crippen molar-refractivity contribution in [2.75, 3.05) is 17.4 Å². The Morgan fingerprint density at radius 3 is 2.27 bits per heavy atom. The fraction of sp³-hybridized carbons (Fsp3) is 0.333. The van der Waals surface area contributed by atoms with Gasteiger partial charge in [-0.1, -0.05) is 90.3 Å². The second kappa shape index (κ2) is 14.1. The summed E-state index contributed by atoms with van der Waals surface area (Å²) in [5.41, 5.74) is 1.88. The van der Waals surface area contributed by atoms with Crippen LogP contribution in [0.15, 0.2) is 82.2 Å². The lowest BCUT2D eigenvalue weighted by atomic mass is 10.1. The van der Waals surface area contributed by atoms with Gasteiger partial charge in [-0.3, -0.25) is 13.9 Å². The van der Waals surface area contributed by atoms with E-state index in [0.29, 0.717) is 33.7 Å². The van der Waals surface area contributed by atoms with Crippen molar-refractivity contribution in [2.45, 2.75) is 51.6 Å². The van der Waals surface area contributed by atoms with Gasteiger partial charge in [-0.2, -0.15) is 0 Å². The van der Waals surface area contributed by atoms with E-state index in [1.807, 2.05) is 27.7 Å². The van der Waals surface area contributed by atoms with Gasteiger partial charge in [-0.05, 0) is 61.2 Å². The highest BCUT2D eigenvalue weighted by atomic mass is 79.9. The summed E-state index contributed by atoms with van der Waals surface area (Å²) in [5.74, 6) is -0.602. The first-order valence-electron chi connectivity index (χ1n) is 13.1. The molecule has 0 aliphatic rings. The van der Waals surface area contributed by atoms with Crippen LogP contribution in [0.4, 0.5) is 5.69 Å². The zero-order chi connectivity index (χ0) is 29.4. The zero-order valence-electron chi connectivity index (χ0n) is 23.1. The summed E-state index contributed by atoms with van der Waals surface area (Å²) in [6.07, 6.45) is 0.335. The van der Waals surface area contributed by atoms with Crippen LogP contribution in [0.2, 0.25) is 5.02 Å². The predicted molar refractivity (Wildman–Crippen MR) is 164 cm³/mol. The first-order valence-corrected chi connectivity index (χ1v) is 15.7. The lowest BCUT2D eigenvalue weighted by Crippen LogP contribution is -2.52. The lowest BCUT2D eigenvalue weighted by Gasteiger charge is -2.33. The number of halogens is 2. The van der Waals surface area contributed by atoms with E-state index >= 15 is 0 Å². The van der Waals surface area contributed by atoms with E-state index in [0.717, 1.165) is 9.87 Å². The molecule has 0 fully saturated rings. The zero-order valence-corrected chi connectivity index (χ0v) is 26.3. The maximum Gasteiger partial charge on any atom is 0.264 e. The van der Waals surface area contributed by atoms with Gasteiger partial charge in [0.25, 0.3) is 10.0 Å². The van der Waals surface area contributed by atoms with Crippen molar-refractivity contribution in [3.8, 4) is 0 Å².